The lowest BCUT2D eigenvalue weighted by Crippen LogP contribution is -2.50. The molecule has 2 unspecified atom stereocenters. The molecule has 6 nitrogen and oxygen atoms in total. The van der Waals surface area contributed by atoms with Gasteiger partial charge in [0.2, 0.25) is 10.0 Å². The van der Waals surface area contributed by atoms with Crippen LogP contribution in [0.15, 0.2) is 48.5 Å². The molecule has 0 amide bonds. The quantitative estimate of drug-likeness (QED) is 0.610. The third kappa shape index (κ3) is 4.95. The van der Waals surface area contributed by atoms with E-state index < -0.39 is 39.7 Å². The molecule has 2 atom stereocenters. The molecule has 160 valence electrons. The molecule has 0 aliphatic rings. The van der Waals surface area contributed by atoms with Crippen LogP contribution in [0, 0.1) is 5.82 Å². The second-order valence-corrected chi connectivity index (χ2v) is 9.43. The Hall–Kier alpha value is -2.00. The minimum absolute atomic E-state index is 0.0903. The van der Waals surface area contributed by atoms with Gasteiger partial charge in [0.1, 0.15) is 11.6 Å². The zero-order valence-corrected chi connectivity index (χ0v) is 17.7. The molecule has 0 radical (unpaired) electrons. The molecule has 2 rings (SSSR count). The number of hydrogen-bond donors (Lipinski definition) is 2. The number of ether oxygens (including phenoxy) is 1. The largest absolute Gasteiger partial charge is 0.497 e. The molecule has 0 fully saturated rings. The van der Waals surface area contributed by atoms with E-state index in [4.69, 9.17) is 4.74 Å². The summed E-state index contributed by atoms with van der Waals surface area (Å²) in [6.07, 6.45) is -0.138. The zero-order chi connectivity index (χ0) is 21.7. The Bertz CT molecular complexity index is 904. The fourth-order valence-corrected chi connectivity index (χ4v) is 5.52. The standard InChI is InChI=1S/C21H28FNO5S/c1-21(15-25,18-6-4-5-7-19(18)22)20(12-13-24)29(26,27)23(2)14-16-8-10-17(28-3)11-9-16/h4-11,20,24-25H,12-15H2,1-3H3. The van der Waals surface area contributed by atoms with Crippen LogP contribution in [0.3, 0.4) is 0 Å². The third-order valence-corrected chi connectivity index (χ3v) is 7.75. The fourth-order valence-electron chi connectivity index (χ4n) is 3.49. The van der Waals surface area contributed by atoms with Crippen molar-refractivity contribution in [2.24, 2.45) is 0 Å². The second-order valence-electron chi connectivity index (χ2n) is 7.21. The normalized spacial score (nSPS) is 15.1. The van der Waals surface area contributed by atoms with Gasteiger partial charge in [-0.25, -0.2) is 17.1 Å². The monoisotopic (exact) mass is 425 g/mol. The first-order chi connectivity index (χ1) is 13.7. The minimum Gasteiger partial charge on any atom is -0.497 e. The van der Waals surface area contributed by atoms with E-state index in [-0.39, 0.29) is 18.5 Å². The maximum Gasteiger partial charge on any atom is 0.218 e. The Kier molecular flexibility index (Phi) is 7.76. The Labute approximate surface area is 171 Å². The third-order valence-electron chi connectivity index (χ3n) is 5.28. The van der Waals surface area contributed by atoms with Crippen LogP contribution in [0.25, 0.3) is 0 Å². The van der Waals surface area contributed by atoms with Crippen LogP contribution >= 0.6 is 0 Å². The zero-order valence-electron chi connectivity index (χ0n) is 16.9. The summed E-state index contributed by atoms with van der Waals surface area (Å²) in [7, 11) is -1.02. The van der Waals surface area contributed by atoms with E-state index in [0.29, 0.717) is 5.75 Å². The van der Waals surface area contributed by atoms with Gasteiger partial charge in [0.15, 0.2) is 0 Å². The van der Waals surface area contributed by atoms with Crippen molar-refractivity contribution >= 4 is 10.0 Å². The topological polar surface area (TPSA) is 87.1 Å². The number of aliphatic hydroxyl groups excluding tert-OH is 2. The number of rotatable bonds is 10. The van der Waals surface area contributed by atoms with Gasteiger partial charge in [-0.05, 0) is 35.7 Å². The number of nitrogens with zero attached hydrogens (tertiary/aromatic N) is 1. The number of methoxy groups -OCH3 is 1. The number of sulfonamides is 1. The molecule has 0 spiro atoms. The molecule has 0 aliphatic carbocycles. The van der Waals surface area contributed by atoms with Gasteiger partial charge in [-0.3, -0.25) is 0 Å². The van der Waals surface area contributed by atoms with E-state index in [0.717, 1.165) is 5.56 Å². The molecular weight excluding hydrogens is 397 g/mol. The van der Waals surface area contributed by atoms with Crippen molar-refractivity contribution in [1.29, 1.82) is 0 Å². The van der Waals surface area contributed by atoms with Gasteiger partial charge in [0.25, 0.3) is 0 Å². The first-order valence-electron chi connectivity index (χ1n) is 9.25. The summed E-state index contributed by atoms with van der Waals surface area (Å²) >= 11 is 0. The second kappa shape index (κ2) is 9.67. The lowest BCUT2D eigenvalue weighted by Gasteiger charge is -2.38. The van der Waals surface area contributed by atoms with Crippen LogP contribution in [0.2, 0.25) is 0 Å². The van der Waals surface area contributed by atoms with Gasteiger partial charge in [0, 0.05) is 25.6 Å². The van der Waals surface area contributed by atoms with E-state index in [1.807, 2.05) is 0 Å². The smallest absolute Gasteiger partial charge is 0.218 e. The Balaban J connectivity index is 2.41. The van der Waals surface area contributed by atoms with Gasteiger partial charge in [-0.15, -0.1) is 0 Å². The summed E-state index contributed by atoms with van der Waals surface area (Å²) < 4.78 is 47.6. The summed E-state index contributed by atoms with van der Waals surface area (Å²) in [4.78, 5) is 0. The molecular formula is C21H28FNO5S. The first kappa shape index (κ1) is 23.3. The number of aliphatic hydroxyl groups is 2. The highest BCUT2D eigenvalue weighted by Crippen LogP contribution is 2.36. The van der Waals surface area contributed by atoms with Gasteiger partial charge in [0.05, 0.1) is 19.0 Å². The van der Waals surface area contributed by atoms with Crippen molar-refractivity contribution < 1.29 is 27.8 Å². The van der Waals surface area contributed by atoms with E-state index in [1.165, 1.54) is 36.5 Å². The minimum atomic E-state index is -4.00. The Morgan fingerprint density at radius 1 is 1.14 bits per heavy atom. The molecule has 0 aliphatic heterocycles. The molecule has 2 N–H and O–H groups in total. The van der Waals surface area contributed by atoms with Gasteiger partial charge in [-0.2, -0.15) is 0 Å². The van der Waals surface area contributed by atoms with Gasteiger partial charge < -0.3 is 14.9 Å². The number of benzene rings is 2. The molecule has 29 heavy (non-hydrogen) atoms. The van der Waals surface area contributed by atoms with Crippen LogP contribution < -0.4 is 4.74 Å². The average molecular weight is 426 g/mol. The molecule has 0 saturated heterocycles. The van der Waals surface area contributed by atoms with Crippen molar-refractivity contribution in [1.82, 2.24) is 4.31 Å². The van der Waals surface area contributed by atoms with Gasteiger partial charge >= 0.3 is 0 Å². The number of halogens is 1. The van der Waals surface area contributed by atoms with E-state index >= 15 is 0 Å². The highest BCUT2D eigenvalue weighted by Gasteiger charge is 2.46. The summed E-state index contributed by atoms with van der Waals surface area (Å²) in [5, 5.41) is 18.4. The molecule has 8 heteroatoms. The molecule has 0 bridgehead atoms. The predicted molar refractivity (Wildman–Crippen MR) is 110 cm³/mol. The lowest BCUT2D eigenvalue weighted by atomic mass is 9.78. The van der Waals surface area contributed by atoms with Crippen molar-refractivity contribution in [2.45, 2.75) is 30.6 Å². The fraction of sp³-hybridized carbons (Fsp3) is 0.429. The van der Waals surface area contributed by atoms with Crippen molar-refractivity contribution in [2.75, 3.05) is 27.4 Å². The van der Waals surface area contributed by atoms with Crippen LogP contribution in [-0.4, -0.2) is 55.6 Å². The summed E-state index contributed by atoms with van der Waals surface area (Å²) in [6.45, 7) is 0.593. The van der Waals surface area contributed by atoms with Crippen LogP contribution in [-0.2, 0) is 22.0 Å². The Morgan fingerprint density at radius 2 is 1.76 bits per heavy atom. The lowest BCUT2D eigenvalue weighted by molar-refractivity contribution is 0.177. The van der Waals surface area contributed by atoms with Crippen LogP contribution in [0.5, 0.6) is 5.75 Å². The van der Waals surface area contributed by atoms with Crippen LogP contribution in [0.1, 0.15) is 24.5 Å². The van der Waals surface area contributed by atoms with E-state index in [1.54, 1.807) is 37.4 Å². The summed E-state index contributed by atoms with van der Waals surface area (Å²) in [6, 6.07) is 12.8. The predicted octanol–water partition coefficient (Wildman–Crippen LogP) is 2.30. The first-order valence-corrected chi connectivity index (χ1v) is 10.8. The molecule has 2 aromatic rings. The SMILES string of the molecule is COc1ccc(CN(C)S(=O)(=O)C(CCO)C(C)(CO)c2ccccc2F)cc1. The van der Waals surface area contributed by atoms with Crippen LogP contribution in [0.4, 0.5) is 4.39 Å². The molecule has 2 aromatic carbocycles. The van der Waals surface area contributed by atoms with E-state index in [2.05, 4.69) is 0 Å². The maximum atomic E-state index is 14.5. The highest BCUT2D eigenvalue weighted by molar-refractivity contribution is 7.89. The van der Waals surface area contributed by atoms with Crippen molar-refractivity contribution in [3.05, 3.63) is 65.5 Å². The highest BCUT2D eigenvalue weighted by atomic mass is 32.2. The molecule has 0 aromatic heterocycles. The van der Waals surface area contributed by atoms with Crippen molar-refractivity contribution in [3.8, 4) is 5.75 Å². The Morgan fingerprint density at radius 3 is 2.28 bits per heavy atom. The molecule has 0 saturated carbocycles. The van der Waals surface area contributed by atoms with Gasteiger partial charge in [-0.1, -0.05) is 37.3 Å². The molecule has 0 heterocycles. The summed E-state index contributed by atoms with van der Waals surface area (Å²) in [5.41, 5.74) is -0.584. The number of hydrogen-bond acceptors (Lipinski definition) is 5. The van der Waals surface area contributed by atoms with E-state index in [9.17, 15) is 23.0 Å². The maximum absolute atomic E-state index is 14.5. The summed E-state index contributed by atoms with van der Waals surface area (Å²) in [5.74, 6) is 0.0600. The van der Waals surface area contributed by atoms with Crippen molar-refractivity contribution in [3.63, 3.8) is 0 Å². The average Bonchev–Trinajstić information content (AvgIpc) is 2.72.